The number of carbonyl (C=O) groups is 1. The van der Waals surface area contributed by atoms with Crippen molar-refractivity contribution in [3.8, 4) is 5.75 Å². The van der Waals surface area contributed by atoms with E-state index in [0.29, 0.717) is 11.8 Å². The molecule has 1 fully saturated rings. The van der Waals surface area contributed by atoms with Crippen LogP contribution in [0.5, 0.6) is 5.75 Å². The number of ether oxygens (including phenoxy) is 1. The highest BCUT2D eigenvalue weighted by Crippen LogP contribution is 2.33. The van der Waals surface area contributed by atoms with Crippen molar-refractivity contribution in [3.63, 3.8) is 0 Å². The van der Waals surface area contributed by atoms with E-state index in [0.717, 1.165) is 79.0 Å². The lowest BCUT2D eigenvalue weighted by Gasteiger charge is -2.39. The van der Waals surface area contributed by atoms with Gasteiger partial charge in [0.15, 0.2) is 0 Å². The van der Waals surface area contributed by atoms with Gasteiger partial charge in [0.05, 0.1) is 12.6 Å². The van der Waals surface area contributed by atoms with E-state index in [1.807, 2.05) is 24.4 Å². The van der Waals surface area contributed by atoms with Gasteiger partial charge in [-0.15, -0.1) is 11.8 Å². The number of aryl methyl sites for hydroxylation is 1. The summed E-state index contributed by atoms with van der Waals surface area (Å²) >= 11 is 1.67. The number of likely N-dealkylation sites (tertiary alicyclic amines) is 1. The standard InChI is InChI=1S/C29H35FN2O3S/c1-35-25-9-10-28-27(19-25)22(12-14-31-28)5-2-4-21-13-15-32(20-23(21)8-11-29(33)34)16-17-36-26-7-3-6-24(30)18-26/h3,6-7,9-10,12,14,18-19,21,23H,2,4-5,8,11,13,15-17,20H2,1H3,(H,33,34)/t21-,23+/m1/s1. The molecular weight excluding hydrogens is 475 g/mol. The number of aliphatic carboxylic acids is 1. The number of carboxylic acids is 1. The van der Waals surface area contributed by atoms with Crippen molar-refractivity contribution >= 4 is 28.6 Å². The number of halogens is 1. The molecule has 1 aliphatic rings. The molecule has 2 heterocycles. The van der Waals surface area contributed by atoms with Crippen LogP contribution in [0.1, 0.15) is 37.7 Å². The third kappa shape index (κ3) is 7.43. The van der Waals surface area contributed by atoms with E-state index in [1.54, 1.807) is 31.0 Å². The van der Waals surface area contributed by atoms with Crippen LogP contribution < -0.4 is 4.74 Å². The summed E-state index contributed by atoms with van der Waals surface area (Å²) in [6.07, 6.45) is 7.07. The number of nitrogens with zero attached hydrogens (tertiary/aromatic N) is 2. The van der Waals surface area contributed by atoms with E-state index < -0.39 is 5.97 Å². The number of rotatable bonds is 12. The second-order valence-electron chi connectivity index (χ2n) is 9.59. The van der Waals surface area contributed by atoms with Crippen LogP contribution in [-0.4, -0.2) is 53.5 Å². The fourth-order valence-corrected chi connectivity index (χ4v) is 6.26. The summed E-state index contributed by atoms with van der Waals surface area (Å²) in [6.45, 7) is 2.91. The van der Waals surface area contributed by atoms with Gasteiger partial charge in [-0.3, -0.25) is 9.78 Å². The molecule has 2 aromatic carbocycles. The van der Waals surface area contributed by atoms with Crippen LogP contribution in [0.4, 0.5) is 4.39 Å². The van der Waals surface area contributed by atoms with Crippen molar-refractivity contribution in [1.29, 1.82) is 0 Å². The van der Waals surface area contributed by atoms with E-state index in [9.17, 15) is 14.3 Å². The summed E-state index contributed by atoms with van der Waals surface area (Å²) in [5, 5.41) is 10.4. The molecule has 0 spiro atoms. The van der Waals surface area contributed by atoms with Crippen molar-refractivity contribution in [2.75, 3.05) is 32.5 Å². The van der Waals surface area contributed by atoms with Gasteiger partial charge in [0.2, 0.25) is 0 Å². The second-order valence-corrected chi connectivity index (χ2v) is 10.8. The molecule has 36 heavy (non-hydrogen) atoms. The molecule has 1 aromatic heterocycles. The number of carboxylic acid groups (broad SMARTS) is 1. The predicted octanol–water partition coefficient (Wildman–Crippen LogP) is 6.30. The van der Waals surface area contributed by atoms with Crippen molar-refractivity contribution < 1.29 is 19.0 Å². The topological polar surface area (TPSA) is 62.7 Å². The summed E-state index contributed by atoms with van der Waals surface area (Å²) in [7, 11) is 1.68. The zero-order valence-electron chi connectivity index (χ0n) is 20.9. The Morgan fingerprint density at radius 1 is 1.19 bits per heavy atom. The maximum atomic E-state index is 13.4. The minimum Gasteiger partial charge on any atom is -0.497 e. The third-order valence-electron chi connectivity index (χ3n) is 7.24. The zero-order chi connectivity index (χ0) is 25.3. The number of hydrogen-bond acceptors (Lipinski definition) is 5. The molecule has 4 rings (SSSR count). The van der Waals surface area contributed by atoms with Crippen molar-refractivity contribution in [3.05, 3.63) is 66.1 Å². The molecule has 7 heteroatoms. The molecule has 0 bridgehead atoms. The maximum absolute atomic E-state index is 13.4. The minimum absolute atomic E-state index is 0.201. The molecule has 0 aliphatic carbocycles. The molecule has 3 aromatic rings. The smallest absolute Gasteiger partial charge is 0.303 e. The van der Waals surface area contributed by atoms with Crippen molar-refractivity contribution in [2.45, 2.75) is 43.4 Å². The highest BCUT2D eigenvalue weighted by Gasteiger charge is 2.29. The quantitative estimate of drug-likeness (QED) is 0.289. The van der Waals surface area contributed by atoms with Crippen LogP contribution in [0.3, 0.4) is 0 Å². The van der Waals surface area contributed by atoms with Gasteiger partial charge in [-0.05, 0) is 98.5 Å². The first-order valence-corrected chi connectivity index (χ1v) is 13.7. The van der Waals surface area contributed by atoms with E-state index in [1.165, 1.54) is 11.6 Å². The average Bonchev–Trinajstić information content (AvgIpc) is 2.88. The largest absolute Gasteiger partial charge is 0.497 e. The Hall–Kier alpha value is -2.64. The number of hydrogen-bond donors (Lipinski definition) is 1. The molecule has 2 atom stereocenters. The molecule has 5 nitrogen and oxygen atoms in total. The average molecular weight is 511 g/mol. The monoisotopic (exact) mass is 510 g/mol. The normalized spacial score (nSPS) is 18.4. The van der Waals surface area contributed by atoms with Crippen LogP contribution in [0.15, 0.2) is 59.6 Å². The van der Waals surface area contributed by atoms with E-state index >= 15 is 0 Å². The predicted molar refractivity (Wildman–Crippen MR) is 143 cm³/mol. The molecule has 1 aliphatic heterocycles. The molecule has 1 saturated heterocycles. The Morgan fingerprint density at radius 3 is 2.89 bits per heavy atom. The number of fused-ring (bicyclic) bond motifs is 1. The van der Waals surface area contributed by atoms with Crippen LogP contribution in [0, 0.1) is 17.7 Å². The van der Waals surface area contributed by atoms with Crippen molar-refractivity contribution in [2.24, 2.45) is 11.8 Å². The Labute approximate surface area is 217 Å². The lowest BCUT2D eigenvalue weighted by Crippen LogP contribution is -2.41. The van der Waals surface area contributed by atoms with E-state index in [2.05, 4.69) is 22.0 Å². The SMILES string of the molecule is COc1ccc2nccc(CCC[C@@H]3CCN(CCSc4cccc(F)c4)C[C@@H]3CCC(=O)O)c2c1. The first kappa shape index (κ1) is 26.4. The number of pyridine rings is 1. The van der Waals surface area contributed by atoms with Gasteiger partial charge in [-0.1, -0.05) is 6.07 Å². The molecule has 0 saturated carbocycles. The zero-order valence-corrected chi connectivity index (χ0v) is 21.7. The highest BCUT2D eigenvalue weighted by atomic mass is 32.2. The lowest BCUT2D eigenvalue weighted by molar-refractivity contribution is -0.137. The lowest BCUT2D eigenvalue weighted by atomic mass is 9.79. The fourth-order valence-electron chi connectivity index (χ4n) is 5.31. The Bertz CT molecular complexity index is 1160. The number of piperidine rings is 1. The van der Waals surface area contributed by atoms with Crippen LogP contribution in [0.25, 0.3) is 10.9 Å². The van der Waals surface area contributed by atoms with E-state index in [4.69, 9.17) is 4.74 Å². The van der Waals surface area contributed by atoms with Crippen LogP contribution >= 0.6 is 11.8 Å². The van der Waals surface area contributed by atoms with Gasteiger partial charge in [-0.25, -0.2) is 4.39 Å². The Morgan fingerprint density at radius 2 is 2.08 bits per heavy atom. The second kappa shape index (κ2) is 13.1. The molecule has 0 unspecified atom stereocenters. The summed E-state index contributed by atoms with van der Waals surface area (Å²) in [6, 6.07) is 14.8. The summed E-state index contributed by atoms with van der Waals surface area (Å²) in [5.41, 5.74) is 2.27. The van der Waals surface area contributed by atoms with E-state index in [-0.39, 0.29) is 12.2 Å². The van der Waals surface area contributed by atoms with Crippen LogP contribution in [-0.2, 0) is 11.2 Å². The molecule has 1 N–H and O–H groups in total. The van der Waals surface area contributed by atoms with Crippen molar-refractivity contribution in [1.82, 2.24) is 9.88 Å². The number of aromatic nitrogens is 1. The van der Waals surface area contributed by atoms with Gasteiger partial charge >= 0.3 is 5.97 Å². The molecular formula is C29H35FN2O3S. The summed E-state index contributed by atoms with van der Waals surface area (Å²) in [4.78, 5) is 19.2. The Kier molecular flexibility index (Phi) is 9.59. The first-order valence-electron chi connectivity index (χ1n) is 12.8. The third-order valence-corrected chi connectivity index (χ3v) is 8.21. The first-order chi connectivity index (χ1) is 17.5. The summed E-state index contributed by atoms with van der Waals surface area (Å²) in [5.74, 6) is 1.76. The number of benzene rings is 2. The Balaban J connectivity index is 1.31. The molecule has 192 valence electrons. The van der Waals surface area contributed by atoms with Gasteiger partial charge in [0.25, 0.3) is 0 Å². The fraction of sp³-hybridized carbons (Fsp3) is 0.448. The van der Waals surface area contributed by atoms with Gasteiger partial charge in [0.1, 0.15) is 11.6 Å². The minimum atomic E-state index is -0.718. The molecule has 0 radical (unpaired) electrons. The maximum Gasteiger partial charge on any atom is 0.303 e. The van der Waals surface area contributed by atoms with Crippen LogP contribution in [0.2, 0.25) is 0 Å². The molecule has 0 amide bonds. The van der Waals surface area contributed by atoms with Gasteiger partial charge in [-0.2, -0.15) is 0 Å². The van der Waals surface area contributed by atoms with Gasteiger partial charge < -0.3 is 14.7 Å². The highest BCUT2D eigenvalue weighted by molar-refractivity contribution is 7.99. The van der Waals surface area contributed by atoms with Gasteiger partial charge in [0, 0.05) is 41.7 Å². The summed E-state index contributed by atoms with van der Waals surface area (Å²) < 4.78 is 18.8. The number of methoxy groups -OCH3 is 1. The number of thioether (sulfide) groups is 1.